The molecule has 1 aliphatic rings. The van der Waals surface area contributed by atoms with Crippen molar-refractivity contribution in [3.63, 3.8) is 0 Å². The highest BCUT2D eigenvalue weighted by Crippen LogP contribution is 2.09. The molecule has 23 heavy (non-hydrogen) atoms. The molecule has 9 nitrogen and oxygen atoms in total. The Hall–Kier alpha value is -3.10. The van der Waals surface area contributed by atoms with Crippen LogP contribution in [0, 0.1) is 5.92 Å². The van der Waals surface area contributed by atoms with Gasteiger partial charge in [0.2, 0.25) is 11.8 Å². The number of rotatable bonds is 5. The zero-order valence-electron chi connectivity index (χ0n) is 12.3. The van der Waals surface area contributed by atoms with Gasteiger partial charge in [-0.1, -0.05) is 6.08 Å². The van der Waals surface area contributed by atoms with Crippen molar-refractivity contribution in [2.24, 2.45) is 10.9 Å². The molecule has 3 heterocycles. The van der Waals surface area contributed by atoms with Crippen molar-refractivity contribution in [2.45, 2.75) is 13.5 Å². The Bertz CT molecular complexity index is 794. The number of hydrogen-bond acceptors (Lipinski definition) is 6. The van der Waals surface area contributed by atoms with E-state index >= 15 is 0 Å². The van der Waals surface area contributed by atoms with E-state index in [-0.39, 0.29) is 18.4 Å². The molecule has 1 unspecified atom stereocenters. The van der Waals surface area contributed by atoms with E-state index in [1.54, 1.807) is 12.1 Å². The monoisotopic (exact) mass is 314 g/mol. The van der Waals surface area contributed by atoms with E-state index in [4.69, 9.17) is 4.74 Å². The maximum Gasteiger partial charge on any atom is 0.269 e. The topological polar surface area (TPSA) is 111 Å². The lowest BCUT2D eigenvalue weighted by Crippen LogP contribution is -2.32. The summed E-state index contributed by atoms with van der Waals surface area (Å²) in [5, 5.41) is 15.0. The first-order chi connectivity index (χ1) is 11.2. The predicted octanol–water partition coefficient (Wildman–Crippen LogP) is -0.0774. The molecule has 1 atom stereocenters. The molecular weight excluding hydrogens is 300 g/mol. The normalized spacial score (nSPS) is 16.7. The molecule has 0 saturated carbocycles. The minimum atomic E-state index is -0.571. The number of fused-ring (bicyclic) bond motifs is 1. The molecule has 1 aliphatic heterocycles. The van der Waals surface area contributed by atoms with Crippen LogP contribution in [0.4, 0.5) is 0 Å². The van der Waals surface area contributed by atoms with Crippen molar-refractivity contribution >= 4 is 23.7 Å². The Labute approximate surface area is 131 Å². The summed E-state index contributed by atoms with van der Waals surface area (Å²) in [4.78, 5) is 26.6. The molecule has 2 aromatic heterocycles. The average molecular weight is 314 g/mol. The first-order valence-corrected chi connectivity index (χ1v) is 7.05. The second-order valence-corrected chi connectivity index (χ2v) is 4.71. The van der Waals surface area contributed by atoms with E-state index in [1.807, 2.05) is 6.92 Å². The SMILES string of the molecule is CCOc1ccc2nnc(CNC(=O)C3C=CC(=O)N=C3)n2n1. The average Bonchev–Trinajstić information content (AvgIpc) is 2.96. The third kappa shape index (κ3) is 3.23. The number of aliphatic imine (C=N–C) groups is 1. The van der Waals surface area contributed by atoms with Gasteiger partial charge in [-0.3, -0.25) is 9.59 Å². The van der Waals surface area contributed by atoms with Gasteiger partial charge in [0.25, 0.3) is 5.91 Å². The van der Waals surface area contributed by atoms with Gasteiger partial charge in [-0.2, -0.15) is 4.52 Å². The molecular formula is C14H14N6O3. The van der Waals surface area contributed by atoms with E-state index < -0.39 is 5.92 Å². The van der Waals surface area contributed by atoms with E-state index in [0.717, 1.165) is 0 Å². The largest absolute Gasteiger partial charge is 0.477 e. The minimum Gasteiger partial charge on any atom is -0.477 e. The van der Waals surface area contributed by atoms with Crippen molar-refractivity contribution in [1.82, 2.24) is 25.1 Å². The van der Waals surface area contributed by atoms with Crippen LogP contribution >= 0.6 is 0 Å². The van der Waals surface area contributed by atoms with E-state index in [0.29, 0.717) is 24.0 Å². The van der Waals surface area contributed by atoms with Gasteiger partial charge >= 0.3 is 0 Å². The van der Waals surface area contributed by atoms with Crippen LogP contribution in [0.15, 0.2) is 29.3 Å². The number of ether oxygens (including phenoxy) is 1. The summed E-state index contributed by atoms with van der Waals surface area (Å²) in [6.07, 6.45) is 4.08. The molecule has 0 radical (unpaired) electrons. The molecule has 0 fully saturated rings. The lowest BCUT2D eigenvalue weighted by atomic mass is 10.1. The standard InChI is InChI=1S/C14H14N6O3/c1-2-23-13-6-4-10-17-18-11(20(10)19-13)8-16-14(22)9-3-5-12(21)15-7-9/h3-7,9H,2,8H2,1H3,(H,16,22). The highest BCUT2D eigenvalue weighted by Gasteiger charge is 2.17. The summed E-state index contributed by atoms with van der Waals surface area (Å²) < 4.78 is 6.85. The summed E-state index contributed by atoms with van der Waals surface area (Å²) in [5.41, 5.74) is 0.558. The first-order valence-electron chi connectivity index (χ1n) is 7.05. The number of carbonyl (C=O) groups is 2. The van der Waals surface area contributed by atoms with Gasteiger partial charge in [0.1, 0.15) is 0 Å². The highest BCUT2D eigenvalue weighted by molar-refractivity contribution is 6.05. The van der Waals surface area contributed by atoms with Gasteiger partial charge in [-0.05, 0) is 13.0 Å². The Kier molecular flexibility index (Phi) is 4.09. The summed E-state index contributed by atoms with van der Waals surface area (Å²) in [7, 11) is 0. The lowest BCUT2D eigenvalue weighted by Gasteiger charge is -2.10. The maximum absolute atomic E-state index is 12.0. The van der Waals surface area contributed by atoms with Gasteiger partial charge in [0.15, 0.2) is 11.5 Å². The Morgan fingerprint density at radius 2 is 2.26 bits per heavy atom. The van der Waals surface area contributed by atoms with Crippen molar-refractivity contribution in [3.8, 4) is 5.88 Å². The van der Waals surface area contributed by atoms with Crippen LogP contribution in [-0.2, 0) is 16.1 Å². The fourth-order valence-corrected chi connectivity index (χ4v) is 2.02. The van der Waals surface area contributed by atoms with Crippen molar-refractivity contribution in [2.75, 3.05) is 6.61 Å². The van der Waals surface area contributed by atoms with E-state index in [2.05, 4.69) is 25.6 Å². The minimum absolute atomic E-state index is 0.148. The van der Waals surface area contributed by atoms with Crippen LogP contribution < -0.4 is 10.1 Å². The zero-order valence-corrected chi connectivity index (χ0v) is 12.3. The van der Waals surface area contributed by atoms with Gasteiger partial charge in [0, 0.05) is 18.4 Å². The number of amides is 2. The smallest absolute Gasteiger partial charge is 0.269 e. The molecule has 0 bridgehead atoms. The molecule has 118 valence electrons. The van der Waals surface area contributed by atoms with Crippen LogP contribution in [0.25, 0.3) is 5.65 Å². The van der Waals surface area contributed by atoms with Crippen molar-refractivity contribution < 1.29 is 14.3 Å². The quantitative estimate of drug-likeness (QED) is 0.826. The maximum atomic E-state index is 12.0. The van der Waals surface area contributed by atoms with Crippen LogP contribution in [0.3, 0.4) is 0 Å². The number of aromatic nitrogens is 4. The molecule has 2 amide bonds. The molecule has 1 N–H and O–H groups in total. The van der Waals surface area contributed by atoms with Gasteiger partial charge in [-0.25, -0.2) is 4.99 Å². The summed E-state index contributed by atoms with van der Waals surface area (Å²) in [6, 6.07) is 3.44. The van der Waals surface area contributed by atoms with Crippen molar-refractivity contribution in [1.29, 1.82) is 0 Å². The van der Waals surface area contributed by atoms with E-state index in [1.165, 1.54) is 22.9 Å². The molecule has 3 rings (SSSR count). The van der Waals surface area contributed by atoms with Crippen LogP contribution in [0.5, 0.6) is 5.88 Å². The summed E-state index contributed by atoms with van der Waals surface area (Å²) >= 11 is 0. The summed E-state index contributed by atoms with van der Waals surface area (Å²) in [5.74, 6) is -0.296. The molecule has 2 aromatic rings. The Balaban J connectivity index is 1.70. The zero-order chi connectivity index (χ0) is 16.2. The second kappa shape index (κ2) is 6.34. The Morgan fingerprint density at radius 3 is 3.00 bits per heavy atom. The van der Waals surface area contributed by atoms with Crippen LogP contribution in [-0.4, -0.2) is 44.4 Å². The molecule has 0 aromatic carbocycles. The summed E-state index contributed by atoms with van der Waals surface area (Å²) in [6.45, 7) is 2.51. The molecule has 0 saturated heterocycles. The third-order valence-electron chi connectivity index (χ3n) is 3.13. The molecule has 9 heteroatoms. The van der Waals surface area contributed by atoms with E-state index in [9.17, 15) is 9.59 Å². The second-order valence-electron chi connectivity index (χ2n) is 4.71. The number of hydrogen-bond donors (Lipinski definition) is 1. The van der Waals surface area contributed by atoms with Crippen LogP contribution in [0.2, 0.25) is 0 Å². The lowest BCUT2D eigenvalue weighted by molar-refractivity contribution is -0.122. The van der Waals surface area contributed by atoms with Gasteiger partial charge in [-0.15, -0.1) is 15.3 Å². The van der Waals surface area contributed by atoms with Gasteiger partial charge in [0.05, 0.1) is 19.1 Å². The van der Waals surface area contributed by atoms with Gasteiger partial charge < -0.3 is 10.1 Å². The molecule has 0 spiro atoms. The molecule has 0 aliphatic carbocycles. The van der Waals surface area contributed by atoms with Crippen LogP contribution in [0.1, 0.15) is 12.7 Å². The number of carbonyl (C=O) groups excluding carboxylic acids is 2. The number of nitrogens with one attached hydrogen (secondary N) is 1. The van der Waals surface area contributed by atoms with Crippen molar-refractivity contribution in [3.05, 3.63) is 30.1 Å². The fourth-order valence-electron chi connectivity index (χ4n) is 2.02. The highest BCUT2D eigenvalue weighted by atomic mass is 16.5. The fraction of sp³-hybridized carbons (Fsp3) is 0.286. The third-order valence-corrected chi connectivity index (χ3v) is 3.13. The Morgan fingerprint density at radius 1 is 1.39 bits per heavy atom. The number of dihydropyridines is 1. The number of nitrogens with zero attached hydrogens (tertiary/aromatic N) is 5. The predicted molar refractivity (Wildman–Crippen MR) is 79.9 cm³/mol. The first kappa shape index (κ1) is 14.8.